The largest absolute Gasteiger partial charge is 0.497 e. The summed E-state index contributed by atoms with van der Waals surface area (Å²) in [5.74, 6) is 1.63. The molecule has 0 unspecified atom stereocenters. The standard InChI is InChI=1S/C24H26ClN3O2/c1-30-22-12-7-19(8-13-22)15-16-26-23-14-11-21(17-27-23)28-24(29)4-2-3-18-5-9-20(25)10-6-18/h5-14,17H,2-4,15-16H2,1H3,(H,26,27)(H,28,29). The van der Waals surface area contributed by atoms with E-state index in [2.05, 4.69) is 27.8 Å². The van der Waals surface area contributed by atoms with Gasteiger partial charge in [0.1, 0.15) is 11.6 Å². The minimum atomic E-state index is -0.00835. The fourth-order valence-electron chi connectivity index (χ4n) is 3.03. The summed E-state index contributed by atoms with van der Waals surface area (Å²) < 4.78 is 5.17. The van der Waals surface area contributed by atoms with Crippen LogP contribution in [0.25, 0.3) is 0 Å². The molecule has 0 bridgehead atoms. The number of aromatic nitrogens is 1. The van der Waals surface area contributed by atoms with Gasteiger partial charge in [-0.15, -0.1) is 0 Å². The van der Waals surface area contributed by atoms with Crippen LogP contribution >= 0.6 is 11.6 Å². The van der Waals surface area contributed by atoms with E-state index in [1.807, 2.05) is 48.5 Å². The predicted molar refractivity (Wildman–Crippen MR) is 122 cm³/mol. The molecule has 0 radical (unpaired) electrons. The number of pyridine rings is 1. The molecule has 156 valence electrons. The topological polar surface area (TPSA) is 63.2 Å². The van der Waals surface area contributed by atoms with Crippen molar-refractivity contribution >= 4 is 29.0 Å². The fraction of sp³-hybridized carbons (Fsp3) is 0.250. The van der Waals surface area contributed by atoms with E-state index in [1.54, 1.807) is 13.3 Å². The van der Waals surface area contributed by atoms with Gasteiger partial charge in [0.05, 0.1) is 19.0 Å². The first-order valence-corrected chi connectivity index (χ1v) is 10.4. The van der Waals surface area contributed by atoms with Crippen molar-refractivity contribution in [2.45, 2.75) is 25.7 Å². The molecule has 0 saturated carbocycles. The molecule has 0 saturated heterocycles. The zero-order chi connectivity index (χ0) is 21.2. The predicted octanol–water partition coefficient (Wildman–Crippen LogP) is 5.36. The monoisotopic (exact) mass is 423 g/mol. The van der Waals surface area contributed by atoms with Crippen molar-refractivity contribution in [1.29, 1.82) is 0 Å². The van der Waals surface area contributed by atoms with Crippen LogP contribution in [0.3, 0.4) is 0 Å². The van der Waals surface area contributed by atoms with Crippen molar-refractivity contribution in [3.63, 3.8) is 0 Å². The van der Waals surface area contributed by atoms with Crippen LogP contribution in [0.1, 0.15) is 24.0 Å². The highest BCUT2D eigenvalue weighted by molar-refractivity contribution is 6.30. The Balaban J connectivity index is 1.36. The number of carbonyl (C=O) groups is 1. The highest BCUT2D eigenvalue weighted by atomic mass is 35.5. The number of aryl methyl sites for hydroxylation is 1. The molecule has 2 aromatic carbocycles. The van der Waals surface area contributed by atoms with Crippen LogP contribution in [0.4, 0.5) is 11.5 Å². The first-order valence-electron chi connectivity index (χ1n) is 9.99. The number of methoxy groups -OCH3 is 1. The Labute approximate surface area is 182 Å². The van der Waals surface area contributed by atoms with Gasteiger partial charge in [-0.2, -0.15) is 0 Å². The lowest BCUT2D eigenvalue weighted by molar-refractivity contribution is -0.116. The minimum Gasteiger partial charge on any atom is -0.497 e. The number of carbonyl (C=O) groups excluding carboxylic acids is 1. The van der Waals surface area contributed by atoms with E-state index < -0.39 is 0 Å². The van der Waals surface area contributed by atoms with E-state index in [4.69, 9.17) is 16.3 Å². The molecule has 3 rings (SSSR count). The van der Waals surface area contributed by atoms with Crippen molar-refractivity contribution in [1.82, 2.24) is 4.98 Å². The van der Waals surface area contributed by atoms with Crippen molar-refractivity contribution < 1.29 is 9.53 Å². The van der Waals surface area contributed by atoms with Crippen LogP contribution in [0.15, 0.2) is 66.9 Å². The molecule has 0 atom stereocenters. The Kier molecular flexibility index (Phi) is 8.10. The van der Waals surface area contributed by atoms with Gasteiger partial charge in [-0.05, 0) is 66.8 Å². The number of anilines is 2. The minimum absolute atomic E-state index is 0.00835. The summed E-state index contributed by atoms with van der Waals surface area (Å²) in [5, 5.41) is 6.91. The van der Waals surface area contributed by atoms with E-state index >= 15 is 0 Å². The summed E-state index contributed by atoms with van der Waals surface area (Å²) in [6, 6.07) is 19.5. The van der Waals surface area contributed by atoms with Crippen LogP contribution in [0.2, 0.25) is 5.02 Å². The molecule has 2 N–H and O–H groups in total. The maximum Gasteiger partial charge on any atom is 0.224 e. The Bertz CT molecular complexity index is 926. The number of nitrogens with one attached hydrogen (secondary N) is 2. The molecule has 0 aliphatic heterocycles. The summed E-state index contributed by atoms with van der Waals surface area (Å²) in [4.78, 5) is 16.5. The highest BCUT2D eigenvalue weighted by Gasteiger charge is 2.04. The fourth-order valence-corrected chi connectivity index (χ4v) is 3.15. The van der Waals surface area contributed by atoms with Gasteiger partial charge in [0.2, 0.25) is 5.91 Å². The number of amides is 1. The smallest absolute Gasteiger partial charge is 0.224 e. The van der Waals surface area contributed by atoms with Crippen molar-refractivity contribution in [3.05, 3.63) is 83.0 Å². The van der Waals surface area contributed by atoms with E-state index in [0.717, 1.165) is 42.4 Å². The van der Waals surface area contributed by atoms with Gasteiger partial charge in [-0.1, -0.05) is 35.9 Å². The molecule has 3 aromatic rings. The van der Waals surface area contributed by atoms with Crippen LogP contribution in [0, 0.1) is 0 Å². The number of rotatable bonds is 10. The summed E-state index contributed by atoms with van der Waals surface area (Å²) >= 11 is 5.89. The van der Waals surface area contributed by atoms with Crippen molar-refractivity contribution in [3.8, 4) is 5.75 Å². The van der Waals surface area contributed by atoms with Gasteiger partial charge < -0.3 is 15.4 Å². The van der Waals surface area contributed by atoms with Crippen molar-refractivity contribution in [2.24, 2.45) is 0 Å². The Morgan fingerprint density at radius 1 is 0.967 bits per heavy atom. The molecule has 0 fully saturated rings. The summed E-state index contributed by atoms with van der Waals surface area (Å²) in [6.07, 6.45) is 4.65. The quantitative estimate of drug-likeness (QED) is 0.460. The van der Waals surface area contributed by atoms with Gasteiger partial charge >= 0.3 is 0 Å². The molecular weight excluding hydrogens is 398 g/mol. The summed E-state index contributed by atoms with van der Waals surface area (Å²) in [5.41, 5.74) is 3.11. The lowest BCUT2D eigenvalue weighted by Crippen LogP contribution is -2.12. The van der Waals surface area contributed by atoms with Gasteiger partial charge in [0, 0.05) is 18.0 Å². The average molecular weight is 424 g/mol. The Morgan fingerprint density at radius 2 is 1.67 bits per heavy atom. The molecule has 5 nitrogen and oxygen atoms in total. The number of hydrogen-bond acceptors (Lipinski definition) is 4. The summed E-state index contributed by atoms with van der Waals surface area (Å²) in [6.45, 7) is 0.774. The molecule has 30 heavy (non-hydrogen) atoms. The number of halogens is 1. The molecular formula is C24H26ClN3O2. The molecule has 0 aliphatic rings. The van der Waals surface area contributed by atoms with E-state index in [9.17, 15) is 4.79 Å². The lowest BCUT2D eigenvalue weighted by Gasteiger charge is -2.08. The molecule has 1 heterocycles. The zero-order valence-electron chi connectivity index (χ0n) is 17.0. The third-order valence-corrected chi connectivity index (χ3v) is 4.96. The lowest BCUT2D eigenvalue weighted by atomic mass is 10.1. The van der Waals surface area contributed by atoms with E-state index in [0.29, 0.717) is 12.1 Å². The highest BCUT2D eigenvalue weighted by Crippen LogP contribution is 2.14. The maximum atomic E-state index is 12.1. The van der Waals surface area contributed by atoms with Gasteiger partial charge in [0.25, 0.3) is 0 Å². The third-order valence-electron chi connectivity index (χ3n) is 4.71. The normalized spacial score (nSPS) is 10.5. The second-order valence-corrected chi connectivity index (χ2v) is 7.42. The molecule has 6 heteroatoms. The zero-order valence-corrected chi connectivity index (χ0v) is 17.8. The second-order valence-electron chi connectivity index (χ2n) is 6.99. The Morgan fingerprint density at radius 3 is 2.33 bits per heavy atom. The second kappa shape index (κ2) is 11.2. The molecule has 1 aromatic heterocycles. The number of ether oxygens (including phenoxy) is 1. The summed E-state index contributed by atoms with van der Waals surface area (Å²) in [7, 11) is 1.66. The molecule has 0 aliphatic carbocycles. The first-order chi connectivity index (χ1) is 14.6. The molecule has 1 amide bonds. The SMILES string of the molecule is COc1ccc(CCNc2ccc(NC(=O)CCCc3ccc(Cl)cc3)cn2)cc1. The van der Waals surface area contributed by atoms with Gasteiger partial charge in [-0.25, -0.2) is 4.98 Å². The van der Waals surface area contributed by atoms with Gasteiger partial charge in [0.15, 0.2) is 0 Å². The number of benzene rings is 2. The average Bonchev–Trinajstić information content (AvgIpc) is 2.77. The number of hydrogen-bond donors (Lipinski definition) is 2. The van der Waals surface area contributed by atoms with Crippen LogP contribution in [-0.4, -0.2) is 24.5 Å². The third kappa shape index (κ3) is 7.08. The van der Waals surface area contributed by atoms with E-state index in [1.165, 1.54) is 11.1 Å². The number of nitrogens with zero attached hydrogens (tertiary/aromatic N) is 1. The molecule has 0 spiro atoms. The first kappa shape index (κ1) is 21.7. The Hall–Kier alpha value is -3.05. The van der Waals surface area contributed by atoms with Crippen LogP contribution in [0.5, 0.6) is 5.75 Å². The van der Waals surface area contributed by atoms with Crippen molar-refractivity contribution in [2.75, 3.05) is 24.3 Å². The van der Waals surface area contributed by atoms with Crippen LogP contribution < -0.4 is 15.4 Å². The maximum absolute atomic E-state index is 12.1. The van der Waals surface area contributed by atoms with E-state index in [-0.39, 0.29) is 5.91 Å². The van der Waals surface area contributed by atoms with Crippen LogP contribution in [-0.2, 0) is 17.6 Å². The van der Waals surface area contributed by atoms with Gasteiger partial charge in [-0.3, -0.25) is 4.79 Å².